The van der Waals surface area contributed by atoms with E-state index in [9.17, 15) is 4.79 Å². The van der Waals surface area contributed by atoms with Crippen LogP contribution in [-0.2, 0) is 4.79 Å². The molecule has 1 aliphatic carbocycles. The Morgan fingerprint density at radius 2 is 1.80 bits per heavy atom. The lowest BCUT2D eigenvalue weighted by molar-refractivity contribution is -0.128. The number of carbonyl (C=O) groups is 1. The van der Waals surface area contributed by atoms with Gasteiger partial charge in [0.25, 0.3) is 0 Å². The second-order valence-electron chi connectivity index (χ2n) is 7.99. The summed E-state index contributed by atoms with van der Waals surface area (Å²) < 4.78 is 0.439. The molecule has 1 spiro atoms. The van der Waals surface area contributed by atoms with Crippen LogP contribution in [0.2, 0.25) is 0 Å². The molecule has 0 aromatic rings. The Kier molecular flexibility index (Phi) is 9.36. The Bertz CT molecular complexity index is 453. The van der Waals surface area contributed by atoms with E-state index in [1.807, 2.05) is 27.8 Å². The maximum atomic E-state index is 11.9. The molecule has 1 saturated carbocycles. The molecule has 2 rings (SSSR count). The molecule has 1 heterocycles. The van der Waals surface area contributed by atoms with Crippen LogP contribution in [0.5, 0.6) is 0 Å². The Morgan fingerprint density at radius 1 is 1.16 bits per heavy atom. The molecular formula is C18H35IN4OS. The molecule has 1 aliphatic heterocycles. The number of halogens is 1. The lowest BCUT2D eigenvalue weighted by Crippen LogP contribution is -2.54. The second-order valence-corrected chi connectivity index (χ2v) is 9.56. The first-order valence-corrected chi connectivity index (χ1v) is 10.2. The van der Waals surface area contributed by atoms with E-state index in [1.54, 1.807) is 0 Å². The zero-order valence-corrected chi connectivity index (χ0v) is 19.3. The molecule has 7 heteroatoms. The predicted molar refractivity (Wildman–Crippen MR) is 119 cm³/mol. The van der Waals surface area contributed by atoms with E-state index in [4.69, 9.17) is 0 Å². The van der Waals surface area contributed by atoms with Gasteiger partial charge in [0.2, 0.25) is 5.91 Å². The first-order valence-electron chi connectivity index (χ1n) is 9.24. The number of carbonyl (C=O) groups excluding carboxylic acids is 1. The van der Waals surface area contributed by atoms with Gasteiger partial charge < -0.3 is 15.5 Å². The summed E-state index contributed by atoms with van der Waals surface area (Å²) in [6.07, 6.45) is 6.81. The summed E-state index contributed by atoms with van der Waals surface area (Å²) in [5.74, 6) is 2.25. The van der Waals surface area contributed by atoms with Gasteiger partial charge in [0.05, 0.1) is 0 Å². The van der Waals surface area contributed by atoms with E-state index in [-0.39, 0.29) is 35.3 Å². The lowest BCUT2D eigenvalue weighted by atomic mass is 9.87. The van der Waals surface area contributed by atoms with Crippen LogP contribution in [0.1, 0.15) is 52.9 Å². The van der Waals surface area contributed by atoms with Gasteiger partial charge >= 0.3 is 0 Å². The highest BCUT2D eigenvalue weighted by Gasteiger charge is 2.38. The standard InChI is InChI=1S/C18H34N4OS.HI/c1-17(2,3)15(23)20-10-11-21-16(19-4)22-12-13-24-18(14-22)8-6-5-7-9-18;/h5-14H2,1-4H3,(H,19,21)(H,20,23);1H. The Balaban J connectivity index is 0.00000312. The number of guanidine groups is 1. The van der Waals surface area contributed by atoms with Crippen LogP contribution >= 0.6 is 35.7 Å². The quantitative estimate of drug-likeness (QED) is 0.281. The molecule has 2 fully saturated rings. The summed E-state index contributed by atoms with van der Waals surface area (Å²) in [5.41, 5.74) is -0.334. The van der Waals surface area contributed by atoms with Gasteiger partial charge in [0, 0.05) is 49.1 Å². The van der Waals surface area contributed by atoms with E-state index >= 15 is 0 Å². The van der Waals surface area contributed by atoms with Gasteiger partial charge in [-0.05, 0) is 12.8 Å². The molecule has 0 atom stereocenters. The lowest BCUT2D eigenvalue weighted by Gasteiger charge is -2.45. The van der Waals surface area contributed by atoms with Gasteiger partial charge in [-0.25, -0.2) is 0 Å². The number of amides is 1. The van der Waals surface area contributed by atoms with E-state index in [0.717, 1.165) is 19.0 Å². The van der Waals surface area contributed by atoms with Crippen molar-refractivity contribution in [2.24, 2.45) is 10.4 Å². The summed E-state index contributed by atoms with van der Waals surface area (Å²) >= 11 is 2.17. The summed E-state index contributed by atoms with van der Waals surface area (Å²) in [6.45, 7) is 9.30. The molecule has 25 heavy (non-hydrogen) atoms. The summed E-state index contributed by atoms with van der Waals surface area (Å²) in [4.78, 5) is 18.8. The fourth-order valence-electron chi connectivity index (χ4n) is 3.47. The van der Waals surface area contributed by atoms with Gasteiger partial charge in [-0.3, -0.25) is 9.79 Å². The largest absolute Gasteiger partial charge is 0.354 e. The Morgan fingerprint density at radius 3 is 2.40 bits per heavy atom. The van der Waals surface area contributed by atoms with Crippen LogP contribution in [0.4, 0.5) is 0 Å². The van der Waals surface area contributed by atoms with Crippen molar-refractivity contribution >= 4 is 47.6 Å². The summed E-state index contributed by atoms with van der Waals surface area (Å²) in [6, 6.07) is 0. The van der Waals surface area contributed by atoms with Gasteiger partial charge in [0.1, 0.15) is 0 Å². The van der Waals surface area contributed by atoms with Crippen molar-refractivity contribution in [1.82, 2.24) is 15.5 Å². The first-order chi connectivity index (χ1) is 11.4. The highest BCUT2D eigenvalue weighted by molar-refractivity contribution is 14.0. The molecule has 1 saturated heterocycles. The highest BCUT2D eigenvalue weighted by atomic mass is 127. The number of nitrogens with one attached hydrogen (secondary N) is 2. The van der Waals surface area contributed by atoms with Crippen molar-refractivity contribution in [2.75, 3.05) is 39.0 Å². The first kappa shape index (κ1) is 22.9. The zero-order chi connectivity index (χ0) is 17.6. The Hall–Kier alpha value is -0.180. The van der Waals surface area contributed by atoms with Crippen molar-refractivity contribution < 1.29 is 4.79 Å². The number of rotatable bonds is 3. The summed E-state index contributed by atoms with van der Waals surface area (Å²) in [7, 11) is 1.85. The average Bonchev–Trinajstić information content (AvgIpc) is 2.54. The molecule has 0 bridgehead atoms. The van der Waals surface area contributed by atoms with Crippen molar-refractivity contribution in [3.8, 4) is 0 Å². The van der Waals surface area contributed by atoms with E-state index in [2.05, 4.69) is 32.3 Å². The molecule has 2 N–H and O–H groups in total. The van der Waals surface area contributed by atoms with E-state index in [1.165, 1.54) is 37.9 Å². The van der Waals surface area contributed by atoms with Crippen LogP contribution in [0, 0.1) is 5.41 Å². The van der Waals surface area contributed by atoms with Crippen LogP contribution < -0.4 is 10.6 Å². The minimum Gasteiger partial charge on any atom is -0.354 e. The maximum absolute atomic E-state index is 11.9. The van der Waals surface area contributed by atoms with Crippen LogP contribution in [0.3, 0.4) is 0 Å². The van der Waals surface area contributed by atoms with Gasteiger partial charge in [-0.2, -0.15) is 11.8 Å². The minimum absolute atomic E-state index is 0. The summed E-state index contributed by atoms with van der Waals surface area (Å²) in [5, 5.41) is 6.40. The molecule has 0 aromatic carbocycles. The molecular weight excluding hydrogens is 447 g/mol. The topological polar surface area (TPSA) is 56.7 Å². The molecule has 5 nitrogen and oxygen atoms in total. The number of thioether (sulfide) groups is 1. The molecule has 1 amide bonds. The number of hydrogen-bond acceptors (Lipinski definition) is 3. The number of nitrogens with zero attached hydrogens (tertiary/aromatic N) is 2. The smallest absolute Gasteiger partial charge is 0.225 e. The molecule has 146 valence electrons. The van der Waals surface area contributed by atoms with Crippen LogP contribution in [0.15, 0.2) is 4.99 Å². The van der Waals surface area contributed by atoms with Gasteiger partial charge in [-0.1, -0.05) is 40.0 Å². The molecule has 0 aromatic heterocycles. The number of hydrogen-bond donors (Lipinski definition) is 2. The zero-order valence-electron chi connectivity index (χ0n) is 16.2. The monoisotopic (exact) mass is 482 g/mol. The second kappa shape index (κ2) is 10.2. The normalized spacial score (nSPS) is 20.8. The highest BCUT2D eigenvalue weighted by Crippen LogP contribution is 2.42. The molecule has 2 aliphatic rings. The molecule has 0 unspecified atom stereocenters. The van der Waals surface area contributed by atoms with Crippen molar-refractivity contribution in [1.29, 1.82) is 0 Å². The van der Waals surface area contributed by atoms with Gasteiger partial charge in [0.15, 0.2) is 5.96 Å². The fourth-order valence-corrected chi connectivity index (χ4v) is 5.04. The Labute approximate surface area is 174 Å². The average molecular weight is 482 g/mol. The van der Waals surface area contributed by atoms with Crippen LogP contribution in [0.25, 0.3) is 0 Å². The maximum Gasteiger partial charge on any atom is 0.225 e. The number of aliphatic imine (C=N–C) groups is 1. The predicted octanol–water partition coefficient (Wildman–Crippen LogP) is 3.09. The SMILES string of the molecule is CN=C(NCCNC(=O)C(C)(C)C)N1CCSC2(CCCCC2)C1.I. The third-order valence-electron chi connectivity index (χ3n) is 4.90. The van der Waals surface area contributed by atoms with Crippen molar-refractivity contribution in [2.45, 2.75) is 57.6 Å². The third-order valence-corrected chi connectivity index (χ3v) is 6.44. The van der Waals surface area contributed by atoms with Crippen LogP contribution in [-0.4, -0.2) is 60.5 Å². The molecule has 0 radical (unpaired) electrons. The third kappa shape index (κ3) is 6.81. The van der Waals surface area contributed by atoms with E-state index < -0.39 is 0 Å². The van der Waals surface area contributed by atoms with Gasteiger partial charge in [-0.15, -0.1) is 24.0 Å². The van der Waals surface area contributed by atoms with E-state index in [0.29, 0.717) is 17.8 Å². The van der Waals surface area contributed by atoms with Crippen molar-refractivity contribution in [3.63, 3.8) is 0 Å². The minimum atomic E-state index is -0.334. The fraction of sp³-hybridized carbons (Fsp3) is 0.889. The van der Waals surface area contributed by atoms with Crippen molar-refractivity contribution in [3.05, 3.63) is 0 Å².